The fourth-order valence-electron chi connectivity index (χ4n) is 1.33. The largest absolute Gasteiger partial charge is 0.353 e. The maximum absolute atomic E-state index is 6.04. The molecule has 0 bridgehead atoms. The van der Waals surface area contributed by atoms with Crippen molar-refractivity contribution in [1.29, 1.82) is 0 Å². The van der Waals surface area contributed by atoms with Gasteiger partial charge in [-0.25, -0.2) is 0 Å². The minimum atomic E-state index is 0.561. The summed E-state index contributed by atoms with van der Waals surface area (Å²) in [5, 5.41) is 5.40. The average molecular weight is 307 g/mol. The van der Waals surface area contributed by atoms with Crippen LogP contribution in [0, 0.1) is 0 Å². The Hall–Kier alpha value is -0.600. The SMILES string of the molecule is Clc1ccc(Cl)c(Nc2cc(Cl)ccc2Cl)c1. The van der Waals surface area contributed by atoms with Crippen LogP contribution in [-0.2, 0) is 0 Å². The van der Waals surface area contributed by atoms with Crippen molar-refractivity contribution < 1.29 is 0 Å². The molecule has 0 fully saturated rings. The van der Waals surface area contributed by atoms with Gasteiger partial charge in [0.15, 0.2) is 0 Å². The molecule has 0 amide bonds. The van der Waals surface area contributed by atoms with Gasteiger partial charge in [0.05, 0.1) is 21.4 Å². The van der Waals surface area contributed by atoms with Crippen molar-refractivity contribution in [3.05, 3.63) is 56.5 Å². The smallest absolute Gasteiger partial charge is 0.0642 e. The van der Waals surface area contributed by atoms with Crippen LogP contribution >= 0.6 is 46.4 Å². The number of hydrogen-bond donors (Lipinski definition) is 1. The number of hydrogen-bond acceptors (Lipinski definition) is 1. The molecule has 0 unspecified atom stereocenters. The molecule has 2 aromatic rings. The summed E-state index contributed by atoms with van der Waals surface area (Å²) in [6.07, 6.45) is 0. The maximum atomic E-state index is 6.04. The van der Waals surface area contributed by atoms with E-state index in [1.165, 1.54) is 0 Å². The quantitative estimate of drug-likeness (QED) is 0.712. The van der Waals surface area contributed by atoms with Crippen molar-refractivity contribution in [3.63, 3.8) is 0 Å². The molecule has 0 saturated heterocycles. The average Bonchev–Trinajstić information content (AvgIpc) is 2.28. The van der Waals surface area contributed by atoms with Gasteiger partial charge in [-0.2, -0.15) is 0 Å². The lowest BCUT2D eigenvalue weighted by atomic mass is 10.2. The van der Waals surface area contributed by atoms with Gasteiger partial charge in [0.1, 0.15) is 0 Å². The van der Waals surface area contributed by atoms with E-state index in [9.17, 15) is 0 Å². The Labute approximate surface area is 119 Å². The van der Waals surface area contributed by atoms with Gasteiger partial charge in [0.25, 0.3) is 0 Å². The van der Waals surface area contributed by atoms with Crippen LogP contribution in [0.25, 0.3) is 0 Å². The van der Waals surface area contributed by atoms with Gasteiger partial charge >= 0.3 is 0 Å². The van der Waals surface area contributed by atoms with Crippen molar-refractivity contribution >= 4 is 57.8 Å². The number of rotatable bonds is 2. The molecule has 0 aliphatic carbocycles. The summed E-state index contributed by atoms with van der Waals surface area (Å²) in [4.78, 5) is 0. The van der Waals surface area contributed by atoms with Crippen LogP contribution in [0.2, 0.25) is 20.1 Å². The monoisotopic (exact) mass is 305 g/mol. The maximum Gasteiger partial charge on any atom is 0.0642 e. The molecule has 1 nitrogen and oxygen atoms in total. The fourth-order valence-corrected chi connectivity index (χ4v) is 2.01. The third-order valence-corrected chi connectivity index (χ3v) is 3.26. The van der Waals surface area contributed by atoms with Gasteiger partial charge in [-0.15, -0.1) is 0 Å². The lowest BCUT2D eigenvalue weighted by molar-refractivity contribution is 1.55. The van der Waals surface area contributed by atoms with Gasteiger partial charge in [-0.1, -0.05) is 46.4 Å². The van der Waals surface area contributed by atoms with E-state index in [0.29, 0.717) is 31.5 Å². The molecule has 5 heteroatoms. The highest BCUT2D eigenvalue weighted by Gasteiger charge is 2.05. The first-order valence-corrected chi connectivity index (χ1v) is 6.24. The van der Waals surface area contributed by atoms with Gasteiger partial charge in [0, 0.05) is 10.0 Å². The Morgan fingerprint density at radius 3 is 1.47 bits per heavy atom. The summed E-state index contributed by atoms with van der Waals surface area (Å²) in [6.45, 7) is 0. The second-order valence-electron chi connectivity index (χ2n) is 3.37. The third-order valence-electron chi connectivity index (χ3n) is 2.13. The molecule has 0 saturated carbocycles. The third kappa shape index (κ3) is 3.20. The Bertz CT molecular complexity index is 505. The molecule has 2 aromatic carbocycles. The van der Waals surface area contributed by atoms with Gasteiger partial charge in [-0.05, 0) is 36.4 Å². The van der Waals surface area contributed by atoms with Crippen LogP contribution in [0.15, 0.2) is 36.4 Å². The number of benzene rings is 2. The number of nitrogens with one attached hydrogen (secondary N) is 1. The lowest BCUT2D eigenvalue weighted by Gasteiger charge is -2.10. The van der Waals surface area contributed by atoms with Crippen LogP contribution in [0.4, 0.5) is 11.4 Å². The van der Waals surface area contributed by atoms with Crippen molar-refractivity contribution in [2.45, 2.75) is 0 Å². The summed E-state index contributed by atoms with van der Waals surface area (Å²) in [6, 6.07) is 10.3. The molecule has 0 radical (unpaired) electrons. The van der Waals surface area contributed by atoms with Crippen molar-refractivity contribution in [1.82, 2.24) is 0 Å². The van der Waals surface area contributed by atoms with Gasteiger partial charge in [-0.3, -0.25) is 0 Å². The molecule has 88 valence electrons. The van der Waals surface area contributed by atoms with Crippen LogP contribution in [0.1, 0.15) is 0 Å². The highest BCUT2D eigenvalue weighted by Crippen LogP contribution is 2.32. The van der Waals surface area contributed by atoms with Gasteiger partial charge < -0.3 is 5.32 Å². The Morgan fingerprint density at radius 1 is 0.647 bits per heavy atom. The molecule has 2 rings (SSSR count). The first-order valence-electron chi connectivity index (χ1n) is 4.73. The molecule has 0 spiro atoms. The molecule has 17 heavy (non-hydrogen) atoms. The first-order chi connectivity index (χ1) is 8.06. The van der Waals surface area contributed by atoms with Crippen molar-refractivity contribution in [2.24, 2.45) is 0 Å². The summed E-state index contributed by atoms with van der Waals surface area (Å²) in [5.41, 5.74) is 1.37. The second-order valence-corrected chi connectivity index (χ2v) is 5.06. The molecule has 0 heterocycles. The molecular formula is C12H7Cl4N. The minimum Gasteiger partial charge on any atom is -0.353 e. The predicted molar refractivity (Wildman–Crippen MR) is 76.2 cm³/mol. The molecule has 0 aliphatic rings. The van der Waals surface area contributed by atoms with Crippen LogP contribution in [0.5, 0.6) is 0 Å². The molecule has 1 N–H and O–H groups in total. The van der Waals surface area contributed by atoms with Crippen LogP contribution in [0.3, 0.4) is 0 Å². The van der Waals surface area contributed by atoms with E-state index < -0.39 is 0 Å². The van der Waals surface area contributed by atoms with Crippen molar-refractivity contribution in [2.75, 3.05) is 5.32 Å². The fraction of sp³-hybridized carbons (Fsp3) is 0. The highest BCUT2D eigenvalue weighted by molar-refractivity contribution is 6.37. The summed E-state index contributed by atoms with van der Waals surface area (Å²) in [5.74, 6) is 0. The van der Waals surface area contributed by atoms with Gasteiger partial charge in [0.2, 0.25) is 0 Å². The summed E-state index contributed by atoms with van der Waals surface area (Å²) >= 11 is 23.9. The molecule has 0 aromatic heterocycles. The van der Waals surface area contributed by atoms with E-state index in [0.717, 1.165) is 0 Å². The van der Waals surface area contributed by atoms with E-state index in [1.54, 1.807) is 36.4 Å². The minimum absolute atomic E-state index is 0.561. The van der Waals surface area contributed by atoms with E-state index >= 15 is 0 Å². The van der Waals surface area contributed by atoms with Crippen LogP contribution < -0.4 is 5.32 Å². The van der Waals surface area contributed by atoms with Crippen molar-refractivity contribution in [3.8, 4) is 0 Å². The summed E-state index contributed by atoms with van der Waals surface area (Å²) < 4.78 is 0. The zero-order valence-electron chi connectivity index (χ0n) is 8.48. The Balaban J connectivity index is 2.37. The predicted octanol–water partition coefficient (Wildman–Crippen LogP) is 6.04. The van der Waals surface area contributed by atoms with E-state index in [2.05, 4.69) is 5.32 Å². The van der Waals surface area contributed by atoms with E-state index in [-0.39, 0.29) is 0 Å². The normalized spacial score (nSPS) is 10.4. The lowest BCUT2D eigenvalue weighted by Crippen LogP contribution is -1.92. The zero-order valence-corrected chi connectivity index (χ0v) is 11.5. The Kier molecular flexibility index (Phi) is 4.05. The topological polar surface area (TPSA) is 12.0 Å². The summed E-state index contributed by atoms with van der Waals surface area (Å²) in [7, 11) is 0. The number of anilines is 2. The van der Waals surface area contributed by atoms with E-state index in [1.807, 2.05) is 0 Å². The molecular weight excluding hydrogens is 300 g/mol. The van der Waals surface area contributed by atoms with E-state index in [4.69, 9.17) is 46.4 Å². The second kappa shape index (κ2) is 5.36. The highest BCUT2D eigenvalue weighted by atomic mass is 35.5. The standard InChI is InChI=1S/C12H7Cl4N/c13-7-1-3-9(15)11(5-7)17-12-6-8(14)2-4-10(12)16/h1-6,17H. The zero-order chi connectivity index (χ0) is 12.4. The first kappa shape index (κ1) is 12.8. The molecule has 0 atom stereocenters. The van der Waals surface area contributed by atoms with Crippen LogP contribution in [-0.4, -0.2) is 0 Å². The number of halogens is 4. The Morgan fingerprint density at radius 2 is 1.06 bits per heavy atom. The molecule has 0 aliphatic heterocycles.